The highest BCUT2D eigenvalue weighted by atomic mass is 15.1. The molecule has 1 spiro atoms. The zero-order valence-corrected chi connectivity index (χ0v) is 12.1. The van der Waals surface area contributed by atoms with Crippen LogP contribution in [0.4, 0.5) is 0 Å². The van der Waals surface area contributed by atoms with E-state index in [9.17, 15) is 0 Å². The predicted octanol–water partition coefficient (Wildman–Crippen LogP) is 3.41. The summed E-state index contributed by atoms with van der Waals surface area (Å²) >= 11 is 0. The van der Waals surface area contributed by atoms with Crippen LogP contribution in [0.25, 0.3) is 0 Å². The quantitative estimate of drug-likeness (QED) is 0.755. The van der Waals surface area contributed by atoms with Crippen LogP contribution in [0.15, 0.2) is 18.3 Å². The molecule has 2 aliphatic rings. The Bertz CT molecular complexity index is 378. The van der Waals surface area contributed by atoms with E-state index in [1.807, 2.05) is 20.0 Å². The third kappa shape index (κ3) is 2.31. The molecule has 1 aromatic rings. The second-order valence-corrected chi connectivity index (χ2v) is 5.23. The summed E-state index contributed by atoms with van der Waals surface area (Å²) < 4.78 is 0. The van der Waals surface area contributed by atoms with Crippen molar-refractivity contribution in [1.82, 2.24) is 9.88 Å². The first-order chi connectivity index (χ1) is 8.84. The first-order valence-electron chi connectivity index (χ1n) is 7.51. The second-order valence-electron chi connectivity index (χ2n) is 5.23. The minimum absolute atomic E-state index is 0.433. The van der Waals surface area contributed by atoms with Crippen LogP contribution in [0.3, 0.4) is 0 Å². The summed E-state index contributed by atoms with van der Waals surface area (Å²) in [6.07, 6.45) is 7.17. The van der Waals surface area contributed by atoms with Crippen molar-refractivity contribution in [2.75, 3.05) is 19.6 Å². The molecule has 100 valence electrons. The molecule has 18 heavy (non-hydrogen) atoms. The Hall–Kier alpha value is -0.890. The molecular formula is C16H26N2. The van der Waals surface area contributed by atoms with E-state index in [1.165, 1.54) is 56.6 Å². The number of aromatic nitrogens is 1. The first-order valence-corrected chi connectivity index (χ1v) is 7.51. The van der Waals surface area contributed by atoms with Gasteiger partial charge in [-0.2, -0.15) is 0 Å². The highest BCUT2D eigenvalue weighted by Gasteiger charge is 2.41. The monoisotopic (exact) mass is 246 g/mol. The average Bonchev–Trinajstić information content (AvgIpc) is 2.82. The van der Waals surface area contributed by atoms with Gasteiger partial charge in [-0.1, -0.05) is 26.8 Å². The Kier molecular flexibility index (Phi) is 4.39. The van der Waals surface area contributed by atoms with E-state index in [0.717, 1.165) is 0 Å². The van der Waals surface area contributed by atoms with Crippen LogP contribution in [0.2, 0.25) is 0 Å². The van der Waals surface area contributed by atoms with E-state index in [-0.39, 0.29) is 0 Å². The van der Waals surface area contributed by atoms with Gasteiger partial charge < -0.3 is 4.90 Å². The zero-order valence-electron chi connectivity index (χ0n) is 12.1. The van der Waals surface area contributed by atoms with Gasteiger partial charge in [-0.3, -0.25) is 4.98 Å². The number of hydrogen-bond donors (Lipinski definition) is 0. The summed E-state index contributed by atoms with van der Waals surface area (Å²) in [6.45, 7) is 9.98. The second kappa shape index (κ2) is 5.83. The van der Waals surface area contributed by atoms with Crippen molar-refractivity contribution in [3.05, 3.63) is 29.6 Å². The lowest BCUT2D eigenvalue weighted by Crippen LogP contribution is -2.41. The highest BCUT2D eigenvalue weighted by Crippen LogP contribution is 2.44. The number of piperidine rings is 1. The molecule has 2 heteroatoms. The van der Waals surface area contributed by atoms with E-state index >= 15 is 0 Å². The van der Waals surface area contributed by atoms with Gasteiger partial charge >= 0.3 is 0 Å². The largest absolute Gasteiger partial charge is 0.304 e. The molecule has 1 fully saturated rings. The molecule has 0 amide bonds. The Morgan fingerprint density at radius 1 is 1.22 bits per heavy atom. The molecule has 2 nitrogen and oxygen atoms in total. The van der Waals surface area contributed by atoms with E-state index in [2.05, 4.69) is 28.9 Å². The summed E-state index contributed by atoms with van der Waals surface area (Å²) in [7, 11) is 0. The van der Waals surface area contributed by atoms with Gasteiger partial charge in [-0.15, -0.1) is 0 Å². The number of fused-ring (bicyclic) bond motifs is 2. The number of nitrogens with zero attached hydrogens (tertiary/aromatic N) is 2. The maximum atomic E-state index is 4.67. The molecule has 0 N–H and O–H groups in total. The van der Waals surface area contributed by atoms with Crippen molar-refractivity contribution in [3.63, 3.8) is 0 Å². The van der Waals surface area contributed by atoms with Gasteiger partial charge in [0.25, 0.3) is 0 Å². The number of pyridine rings is 1. The zero-order chi connectivity index (χ0) is 13.0. The molecule has 0 atom stereocenters. The van der Waals surface area contributed by atoms with E-state index in [4.69, 9.17) is 0 Å². The van der Waals surface area contributed by atoms with Crippen LogP contribution in [-0.2, 0) is 11.8 Å². The molecule has 3 rings (SSSR count). The van der Waals surface area contributed by atoms with E-state index in [0.29, 0.717) is 5.41 Å². The van der Waals surface area contributed by atoms with E-state index in [1.54, 1.807) is 0 Å². The maximum Gasteiger partial charge on any atom is 0.0498 e. The minimum Gasteiger partial charge on any atom is -0.304 e. The minimum atomic E-state index is 0.433. The average molecular weight is 246 g/mol. The fourth-order valence-electron chi connectivity index (χ4n) is 3.39. The normalized spacial score (nSPS) is 21.3. The van der Waals surface area contributed by atoms with Crippen LogP contribution >= 0.6 is 0 Å². The lowest BCUT2D eigenvalue weighted by Gasteiger charge is -2.39. The maximum absolute atomic E-state index is 4.67. The Balaban J connectivity index is 0.000000574. The SMILES string of the molecule is CC.CCN1CCC2(CCc3cccnc32)CC1. The topological polar surface area (TPSA) is 16.1 Å². The third-order valence-electron chi connectivity index (χ3n) is 4.53. The molecule has 1 saturated heterocycles. The molecule has 1 aromatic heterocycles. The van der Waals surface area contributed by atoms with Crippen LogP contribution in [-0.4, -0.2) is 29.5 Å². The summed E-state index contributed by atoms with van der Waals surface area (Å²) in [5.41, 5.74) is 3.36. The van der Waals surface area contributed by atoms with Crippen molar-refractivity contribution in [2.45, 2.75) is 51.9 Å². The van der Waals surface area contributed by atoms with Crippen molar-refractivity contribution in [1.29, 1.82) is 0 Å². The third-order valence-corrected chi connectivity index (χ3v) is 4.53. The lowest BCUT2D eigenvalue weighted by molar-refractivity contribution is 0.162. The molecule has 0 bridgehead atoms. The summed E-state index contributed by atoms with van der Waals surface area (Å²) in [4.78, 5) is 7.23. The van der Waals surface area contributed by atoms with Crippen LogP contribution < -0.4 is 0 Å². The van der Waals surface area contributed by atoms with Crippen molar-refractivity contribution in [2.24, 2.45) is 0 Å². The van der Waals surface area contributed by atoms with Gasteiger partial charge in [0.15, 0.2) is 0 Å². The lowest BCUT2D eigenvalue weighted by atomic mass is 9.76. The van der Waals surface area contributed by atoms with Crippen LogP contribution in [0.1, 0.15) is 51.3 Å². The molecule has 0 saturated carbocycles. The summed E-state index contributed by atoms with van der Waals surface area (Å²) in [5, 5.41) is 0. The Labute approximate surface area is 111 Å². The Morgan fingerprint density at radius 2 is 1.94 bits per heavy atom. The van der Waals surface area contributed by atoms with E-state index < -0.39 is 0 Å². The molecule has 1 aliphatic carbocycles. The van der Waals surface area contributed by atoms with Gasteiger partial charge in [-0.05, 0) is 56.9 Å². The van der Waals surface area contributed by atoms with Gasteiger partial charge in [0.05, 0.1) is 0 Å². The van der Waals surface area contributed by atoms with Crippen molar-refractivity contribution < 1.29 is 0 Å². The van der Waals surface area contributed by atoms with Crippen molar-refractivity contribution in [3.8, 4) is 0 Å². The standard InChI is InChI=1S/C14H20N2.C2H6/c1-2-16-10-7-14(8-11-16)6-5-12-4-3-9-15-13(12)14;1-2/h3-4,9H,2,5-8,10-11H2,1H3;1-2H3. The van der Waals surface area contributed by atoms with Gasteiger partial charge in [0.1, 0.15) is 0 Å². The molecule has 2 heterocycles. The molecule has 1 aliphatic heterocycles. The van der Waals surface area contributed by atoms with Crippen molar-refractivity contribution >= 4 is 0 Å². The molecular weight excluding hydrogens is 220 g/mol. The molecule has 0 aromatic carbocycles. The van der Waals surface area contributed by atoms with Gasteiger partial charge in [0, 0.05) is 17.3 Å². The van der Waals surface area contributed by atoms with Crippen LogP contribution in [0, 0.1) is 0 Å². The number of hydrogen-bond acceptors (Lipinski definition) is 2. The number of rotatable bonds is 1. The van der Waals surface area contributed by atoms with Gasteiger partial charge in [0.2, 0.25) is 0 Å². The fraction of sp³-hybridized carbons (Fsp3) is 0.688. The molecule has 0 unspecified atom stereocenters. The number of aryl methyl sites for hydroxylation is 1. The fourth-order valence-corrected chi connectivity index (χ4v) is 3.39. The predicted molar refractivity (Wildman–Crippen MR) is 76.9 cm³/mol. The van der Waals surface area contributed by atoms with Crippen LogP contribution in [0.5, 0.6) is 0 Å². The Morgan fingerprint density at radius 3 is 2.61 bits per heavy atom. The number of likely N-dealkylation sites (tertiary alicyclic amines) is 1. The smallest absolute Gasteiger partial charge is 0.0498 e. The highest BCUT2D eigenvalue weighted by molar-refractivity contribution is 5.34. The first kappa shape index (κ1) is 13.5. The summed E-state index contributed by atoms with van der Waals surface area (Å²) in [5.74, 6) is 0. The molecule has 0 radical (unpaired) electrons. The summed E-state index contributed by atoms with van der Waals surface area (Å²) in [6, 6.07) is 4.35. The van der Waals surface area contributed by atoms with Gasteiger partial charge in [-0.25, -0.2) is 0 Å².